The quantitative estimate of drug-likeness (QED) is 0.154. The summed E-state index contributed by atoms with van der Waals surface area (Å²) in [5, 5.41) is 0.660. The second-order valence-corrected chi connectivity index (χ2v) is 17.8. The molecule has 0 aliphatic heterocycles. The van der Waals surface area contributed by atoms with Crippen LogP contribution < -0.4 is 16.7 Å². The lowest BCUT2D eigenvalue weighted by Gasteiger charge is -2.11. The predicted molar refractivity (Wildman–Crippen MR) is 259 cm³/mol. The van der Waals surface area contributed by atoms with Crippen molar-refractivity contribution >= 4 is 54.5 Å². The lowest BCUT2D eigenvalue weighted by molar-refractivity contribution is -0.137. The first-order valence-electron chi connectivity index (χ1n) is 21.2. The zero-order valence-corrected chi connectivity index (χ0v) is 38.6. The van der Waals surface area contributed by atoms with Crippen LogP contribution in [0.3, 0.4) is 0 Å². The molecule has 3 heterocycles. The van der Waals surface area contributed by atoms with Crippen LogP contribution in [0.15, 0.2) is 159 Å². The number of para-hydroxylation sites is 6. The van der Waals surface area contributed by atoms with E-state index < -0.39 is 21.6 Å². The number of aromatic nitrogens is 6. The van der Waals surface area contributed by atoms with Crippen molar-refractivity contribution in [2.45, 2.75) is 58.4 Å². The Morgan fingerprint density at radius 1 is 0.537 bits per heavy atom. The number of benzene rings is 6. The van der Waals surface area contributed by atoms with Gasteiger partial charge in [-0.3, -0.25) is 14.4 Å². The number of rotatable bonds is 7. The Bertz CT molecular complexity index is 3590. The molecule has 11 nitrogen and oxygen atoms in total. The maximum absolute atomic E-state index is 12.7. The first-order chi connectivity index (χ1) is 31.9. The molecule has 0 aliphatic rings. The summed E-state index contributed by atoms with van der Waals surface area (Å²) in [7, 11) is -3.26. The molecule has 0 saturated heterocycles. The van der Waals surface area contributed by atoms with Gasteiger partial charge in [0.2, 0.25) is 0 Å². The molecular weight excluding hydrogens is 901 g/mol. The Hall–Kier alpha value is -7.23. The SMILES string of the molecule is CCn1c(=O)c(-c2ccc(C(F)(F)F)cc2)nc2ccccc21.CCn1c(=O)c(-c2ccc(Cl)cc2C)nc2ccccc21.CCn1c(=O)c(-c2ccc(S(C)(=O)=O)cc2)nc2ccccc21. The summed E-state index contributed by atoms with van der Waals surface area (Å²) in [6.45, 7) is 9.25. The van der Waals surface area contributed by atoms with E-state index in [2.05, 4.69) is 15.0 Å². The molecule has 342 valence electrons. The lowest BCUT2D eigenvalue weighted by atomic mass is 10.1. The third kappa shape index (κ3) is 10.1. The number of fused-ring (bicyclic) bond motifs is 3. The maximum Gasteiger partial charge on any atom is 0.416 e. The van der Waals surface area contributed by atoms with Gasteiger partial charge in [0.25, 0.3) is 16.7 Å². The standard InChI is InChI=1S/C17H15ClN2O.C17H13F3N2O.C17H16N2O3S/c1-3-20-15-7-5-4-6-14(15)19-16(17(20)21)13-9-8-12(18)10-11(13)2;1-2-22-14-6-4-3-5-13(14)21-15(16(22)23)11-7-9-12(10-8-11)17(18,19)20;1-3-19-15-7-5-4-6-14(15)18-16(17(19)20)12-8-10-13(11-9-12)23(2,21)22/h4-10H,3H2,1-2H3;3-10H,2H2,1H3;4-11H,3H2,1-2H3. The number of hydrogen-bond acceptors (Lipinski definition) is 8. The normalized spacial score (nSPS) is 11.5. The molecule has 0 aliphatic carbocycles. The van der Waals surface area contributed by atoms with E-state index in [0.29, 0.717) is 58.2 Å². The van der Waals surface area contributed by atoms with E-state index in [4.69, 9.17) is 11.6 Å². The molecule has 0 atom stereocenters. The molecule has 3 aromatic heterocycles. The van der Waals surface area contributed by atoms with Crippen molar-refractivity contribution in [1.29, 1.82) is 0 Å². The molecule has 16 heteroatoms. The van der Waals surface area contributed by atoms with Gasteiger partial charge in [0.15, 0.2) is 9.84 Å². The topological polar surface area (TPSA) is 139 Å². The molecule has 6 aromatic carbocycles. The minimum Gasteiger partial charge on any atom is -0.305 e. The van der Waals surface area contributed by atoms with Crippen molar-refractivity contribution in [1.82, 2.24) is 28.7 Å². The van der Waals surface area contributed by atoms with Gasteiger partial charge in [-0.2, -0.15) is 13.2 Å². The van der Waals surface area contributed by atoms with Crippen LogP contribution in [0.1, 0.15) is 31.9 Å². The highest BCUT2D eigenvalue weighted by Gasteiger charge is 2.30. The van der Waals surface area contributed by atoms with Gasteiger partial charge in [-0.1, -0.05) is 78.3 Å². The molecule has 0 bridgehead atoms. The predicted octanol–water partition coefficient (Wildman–Crippen LogP) is 10.6. The first-order valence-corrected chi connectivity index (χ1v) is 23.4. The minimum atomic E-state index is -4.40. The van der Waals surface area contributed by atoms with Crippen LogP contribution in [0.5, 0.6) is 0 Å². The van der Waals surface area contributed by atoms with Crippen LogP contribution in [-0.2, 0) is 35.6 Å². The highest BCUT2D eigenvalue weighted by atomic mass is 35.5. The number of halogens is 4. The Kier molecular flexibility index (Phi) is 14.0. The molecular formula is C51H44ClF3N6O5S. The molecule has 0 fully saturated rings. The number of hydrogen-bond donors (Lipinski definition) is 0. The van der Waals surface area contributed by atoms with Crippen LogP contribution in [0.25, 0.3) is 66.9 Å². The second-order valence-electron chi connectivity index (χ2n) is 15.3. The van der Waals surface area contributed by atoms with Gasteiger partial charge in [-0.15, -0.1) is 0 Å². The van der Waals surface area contributed by atoms with Gasteiger partial charge in [0.05, 0.1) is 43.6 Å². The van der Waals surface area contributed by atoms with Crippen LogP contribution >= 0.6 is 11.6 Å². The molecule has 0 unspecified atom stereocenters. The largest absolute Gasteiger partial charge is 0.416 e. The van der Waals surface area contributed by atoms with Crippen molar-refractivity contribution in [3.63, 3.8) is 0 Å². The number of nitrogens with zero attached hydrogens (tertiary/aromatic N) is 6. The monoisotopic (exact) mass is 944 g/mol. The van der Waals surface area contributed by atoms with Gasteiger partial charge < -0.3 is 13.7 Å². The van der Waals surface area contributed by atoms with E-state index >= 15 is 0 Å². The summed E-state index contributed by atoms with van der Waals surface area (Å²) in [5.41, 5.74) is 6.93. The van der Waals surface area contributed by atoms with E-state index in [0.717, 1.165) is 51.6 Å². The Labute approximate surface area is 388 Å². The zero-order valence-electron chi connectivity index (χ0n) is 37.0. The molecule has 0 spiro atoms. The smallest absolute Gasteiger partial charge is 0.305 e. The molecule has 9 rings (SSSR count). The van der Waals surface area contributed by atoms with Gasteiger partial charge in [-0.25, -0.2) is 23.4 Å². The number of sulfone groups is 1. The Balaban J connectivity index is 0.000000149. The average Bonchev–Trinajstić information content (AvgIpc) is 3.31. The van der Waals surface area contributed by atoms with E-state index in [1.807, 2.05) is 94.4 Å². The molecule has 0 saturated carbocycles. The summed E-state index contributed by atoms with van der Waals surface area (Å²) in [6.07, 6.45) is -3.25. The summed E-state index contributed by atoms with van der Waals surface area (Å²) in [6, 6.07) is 38.6. The molecule has 67 heavy (non-hydrogen) atoms. The summed E-state index contributed by atoms with van der Waals surface area (Å²) >= 11 is 5.99. The van der Waals surface area contributed by atoms with Crippen molar-refractivity contribution < 1.29 is 21.6 Å². The van der Waals surface area contributed by atoms with E-state index in [1.54, 1.807) is 50.1 Å². The van der Waals surface area contributed by atoms with E-state index in [9.17, 15) is 36.0 Å². The van der Waals surface area contributed by atoms with Crippen molar-refractivity contribution in [2.24, 2.45) is 0 Å². The molecule has 0 amide bonds. The summed E-state index contributed by atoms with van der Waals surface area (Å²) in [5.74, 6) is 0. The third-order valence-corrected chi connectivity index (χ3v) is 12.4. The summed E-state index contributed by atoms with van der Waals surface area (Å²) in [4.78, 5) is 51.6. The van der Waals surface area contributed by atoms with Crippen LogP contribution in [0, 0.1) is 6.92 Å². The first kappa shape index (κ1) is 47.7. The molecule has 9 aromatic rings. The van der Waals surface area contributed by atoms with Gasteiger partial charge in [0, 0.05) is 47.6 Å². The van der Waals surface area contributed by atoms with Crippen LogP contribution in [0.2, 0.25) is 5.02 Å². The highest BCUT2D eigenvalue weighted by Crippen LogP contribution is 2.31. The maximum atomic E-state index is 12.7. The van der Waals surface area contributed by atoms with Gasteiger partial charge in [0.1, 0.15) is 17.1 Å². The molecule has 0 radical (unpaired) electrons. The van der Waals surface area contributed by atoms with Gasteiger partial charge >= 0.3 is 6.18 Å². The average molecular weight is 945 g/mol. The minimum absolute atomic E-state index is 0.0679. The Morgan fingerprint density at radius 2 is 0.910 bits per heavy atom. The summed E-state index contributed by atoms with van der Waals surface area (Å²) < 4.78 is 66.0. The van der Waals surface area contributed by atoms with Crippen molar-refractivity contribution in [3.8, 4) is 33.8 Å². The number of aryl methyl sites for hydroxylation is 4. The van der Waals surface area contributed by atoms with E-state index in [1.165, 1.54) is 24.3 Å². The number of alkyl halides is 3. The highest BCUT2D eigenvalue weighted by molar-refractivity contribution is 7.90. The zero-order chi connectivity index (χ0) is 48.2. The molecule has 0 N–H and O–H groups in total. The van der Waals surface area contributed by atoms with Crippen molar-refractivity contribution in [2.75, 3.05) is 6.26 Å². The Morgan fingerprint density at radius 3 is 1.28 bits per heavy atom. The third-order valence-electron chi connectivity index (χ3n) is 11.0. The van der Waals surface area contributed by atoms with Crippen LogP contribution in [-0.4, -0.2) is 43.3 Å². The second kappa shape index (κ2) is 19.7. The fraction of sp³-hybridized carbons (Fsp3) is 0.176. The van der Waals surface area contributed by atoms with Gasteiger partial charge in [-0.05, 0) is 106 Å². The van der Waals surface area contributed by atoms with E-state index in [-0.39, 0.29) is 27.3 Å². The van der Waals surface area contributed by atoms with Crippen LogP contribution in [0.4, 0.5) is 13.2 Å². The lowest BCUT2D eigenvalue weighted by Crippen LogP contribution is -2.23. The fourth-order valence-corrected chi connectivity index (χ4v) is 8.50. The van der Waals surface area contributed by atoms with Crippen molar-refractivity contribution in [3.05, 3.63) is 187 Å². The fourth-order valence-electron chi connectivity index (χ4n) is 7.64.